The molecule has 0 fully saturated rings. The molecular formula is C9H12NOP. The van der Waals surface area contributed by atoms with Crippen LogP contribution in [0, 0.1) is 0 Å². The molecule has 1 aromatic carbocycles. The van der Waals surface area contributed by atoms with E-state index in [2.05, 4.69) is 15.3 Å². The number of hydrogen-bond acceptors (Lipinski definition) is 2. The molecule has 0 radical (unpaired) electrons. The maximum Gasteiger partial charge on any atom is 0.159 e. The first-order valence-corrected chi connectivity index (χ1v) is 4.51. The van der Waals surface area contributed by atoms with Crippen LogP contribution in [0.25, 0.3) is 0 Å². The highest BCUT2D eigenvalue weighted by molar-refractivity contribution is 7.27. The lowest BCUT2D eigenvalue weighted by Crippen LogP contribution is -2.40. The summed E-state index contributed by atoms with van der Waals surface area (Å²) in [6.07, 6.45) is 0.796. The molecule has 1 aromatic rings. The van der Waals surface area contributed by atoms with E-state index >= 15 is 0 Å². The number of fused-ring (bicyclic) bond motifs is 1. The van der Waals surface area contributed by atoms with Crippen molar-refractivity contribution in [2.45, 2.75) is 19.1 Å². The number of rotatable bonds is 0. The van der Waals surface area contributed by atoms with Crippen LogP contribution in [0.2, 0.25) is 0 Å². The van der Waals surface area contributed by atoms with Gasteiger partial charge < -0.3 is 4.74 Å². The molecule has 2 rings (SSSR count). The second kappa shape index (κ2) is 2.45. The third-order valence-electron chi connectivity index (χ3n) is 1.97. The predicted octanol–water partition coefficient (Wildman–Crippen LogP) is 0.797. The van der Waals surface area contributed by atoms with Crippen LogP contribution in [-0.4, -0.2) is 5.72 Å². The van der Waals surface area contributed by atoms with Crippen LogP contribution in [0.5, 0.6) is 5.75 Å². The van der Waals surface area contributed by atoms with E-state index in [1.54, 1.807) is 0 Å². The molecule has 2 N–H and O–H groups in total. The Bertz CT molecular complexity index is 322. The van der Waals surface area contributed by atoms with Crippen molar-refractivity contribution in [3.05, 3.63) is 23.8 Å². The van der Waals surface area contributed by atoms with E-state index in [4.69, 9.17) is 10.5 Å². The van der Waals surface area contributed by atoms with Gasteiger partial charge in [0.05, 0.1) is 0 Å². The second-order valence-corrected chi connectivity index (χ2v) is 4.13. The zero-order valence-corrected chi connectivity index (χ0v) is 8.16. The lowest BCUT2D eigenvalue weighted by molar-refractivity contribution is 0.124. The molecule has 64 valence electrons. The summed E-state index contributed by atoms with van der Waals surface area (Å²) in [6, 6.07) is 6.07. The molecule has 0 aliphatic carbocycles. The molecule has 2 atom stereocenters. The summed E-state index contributed by atoms with van der Waals surface area (Å²) >= 11 is 0. The zero-order chi connectivity index (χ0) is 8.77. The van der Waals surface area contributed by atoms with Crippen LogP contribution in [0.1, 0.15) is 12.5 Å². The number of benzene rings is 1. The Hall–Kier alpha value is -0.590. The predicted molar refractivity (Wildman–Crippen MR) is 52.7 cm³/mol. The van der Waals surface area contributed by atoms with Crippen molar-refractivity contribution in [1.29, 1.82) is 0 Å². The fraction of sp³-hybridized carbons (Fsp3) is 0.333. The Morgan fingerprint density at radius 2 is 2.33 bits per heavy atom. The smallest absolute Gasteiger partial charge is 0.159 e. The minimum atomic E-state index is -0.513. The Morgan fingerprint density at radius 1 is 1.58 bits per heavy atom. The molecular weight excluding hydrogens is 169 g/mol. The fourth-order valence-electron chi connectivity index (χ4n) is 1.50. The van der Waals surface area contributed by atoms with Crippen molar-refractivity contribution in [1.82, 2.24) is 0 Å². The first-order chi connectivity index (χ1) is 5.57. The van der Waals surface area contributed by atoms with E-state index in [1.165, 1.54) is 10.9 Å². The molecule has 0 amide bonds. The number of hydrogen-bond donors (Lipinski definition) is 1. The molecule has 2 unspecified atom stereocenters. The van der Waals surface area contributed by atoms with Crippen molar-refractivity contribution >= 4 is 14.5 Å². The van der Waals surface area contributed by atoms with E-state index in [0.717, 1.165) is 12.2 Å². The quantitative estimate of drug-likeness (QED) is 0.601. The molecule has 1 aliphatic heterocycles. The summed E-state index contributed by atoms with van der Waals surface area (Å²) in [5.41, 5.74) is 6.54. The van der Waals surface area contributed by atoms with Gasteiger partial charge in [0.15, 0.2) is 5.72 Å². The molecule has 3 heteroatoms. The minimum absolute atomic E-state index is 0.513. The summed E-state index contributed by atoms with van der Waals surface area (Å²) < 4.78 is 5.52. The fourth-order valence-corrected chi connectivity index (χ4v) is 1.80. The van der Waals surface area contributed by atoms with Crippen molar-refractivity contribution in [2.24, 2.45) is 5.73 Å². The highest BCUT2D eigenvalue weighted by Gasteiger charge is 2.30. The average Bonchev–Trinajstić information content (AvgIpc) is 2.21. The van der Waals surface area contributed by atoms with E-state index in [1.807, 2.05) is 19.1 Å². The Kier molecular flexibility index (Phi) is 1.64. The summed E-state index contributed by atoms with van der Waals surface area (Å²) in [4.78, 5) is 0. The topological polar surface area (TPSA) is 35.2 Å². The highest BCUT2D eigenvalue weighted by Crippen LogP contribution is 2.31. The third kappa shape index (κ3) is 1.33. The maximum absolute atomic E-state index is 5.85. The lowest BCUT2D eigenvalue weighted by atomic mass is 10.1. The summed E-state index contributed by atoms with van der Waals surface area (Å²) in [6.45, 7) is 1.90. The Morgan fingerprint density at radius 3 is 3.08 bits per heavy atom. The van der Waals surface area contributed by atoms with Gasteiger partial charge >= 0.3 is 0 Å². The van der Waals surface area contributed by atoms with Gasteiger partial charge in [-0.2, -0.15) is 0 Å². The summed E-state index contributed by atoms with van der Waals surface area (Å²) in [5.74, 6) is 0.922. The van der Waals surface area contributed by atoms with E-state index in [-0.39, 0.29) is 0 Å². The summed E-state index contributed by atoms with van der Waals surface area (Å²) in [5, 5.41) is 1.18. The molecule has 0 saturated heterocycles. The van der Waals surface area contributed by atoms with E-state index in [0.29, 0.717) is 0 Å². The third-order valence-corrected chi connectivity index (χ3v) is 2.33. The zero-order valence-electron chi connectivity index (χ0n) is 7.00. The van der Waals surface area contributed by atoms with Gasteiger partial charge in [0.2, 0.25) is 0 Å². The van der Waals surface area contributed by atoms with Gasteiger partial charge in [0.25, 0.3) is 0 Å². The summed E-state index contributed by atoms with van der Waals surface area (Å²) in [7, 11) is 2.67. The van der Waals surface area contributed by atoms with Crippen molar-refractivity contribution in [3.63, 3.8) is 0 Å². The monoisotopic (exact) mass is 181 g/mol. The van der Waals surface area contributed by atoms with Crippen LogP contribution in [-0.2, 0) is 6.42 Å². The van der Waals surface area contributed by atoms with Gasteiger partial charge in [-0.1, -0.05) is 6.07 Å². The van der Waals surface area contributed by atoms with Crippen LogP contribution < -0.4 is 15.8 Å². The van der Waals surface area contributed by atoms with E-state index < -0.39 is 5.72 Å². The van der Waals surface area contributed by atoms with Crippen LogP contribution in [0.4, 0.5) is 0 Å². The largest absolute Gasteiger partial charge is 0.473 e. The molecule has 0 saturated carbocycles. The van der Waals surface area contributed by atoms with Crippen molar-refractivity contribution < 1.29 is 4.74 Å². The molecule has 1 aliphatic rings. The molecule has 2 nitrogen and oxygen atoms in total. The van der Waals surface area contributed by atoms with Crippen molar-refractivity contribution in [2.75, 3.05) is 0 Å². The van der Waals surface area contributed by atoms with Gasteiger partial charge in [-0.05, 0) is 24.4 Å². The van der Waals surface area contributed by atoms with Crippen LogP contribution in [0.3, 0.4) is 0 Å². The molecule has 0 aromatic heterocycles. The Labute approximate surface area is 74.3 Å². The lowest BCUT2D eigenvalue weighted by Gasteiger charge is -2.16. The van der Waals surface area contributed by atoms with Crippen LogP contribution >= 0.6 is 9.24 Å². The first-order valence-electron chi connectivity index (χ1n) is 3.93. The van der Waals surface area contributed by atoms with Gasteiger partial charge in [-0.15, -0.1) is 9.24 Å². The number of ether oxygens (including phenoxy) is 1. The Balaban J connectivity index is 2.43. The number of nitrogens with two attached hydrogens (primary N) is 1. The highest BCUT2D eigenvalue weighted by atomic mass is 31.0. The molecule has 0 spiro atoms. The van der Waals surface area contributed by atoms with E-state index in [9.17, 15) is 0 Å². The normalized spacial score (nSPS) is 26.6. The van der Waals surface area contributed by atoms with Crippen molar-refractivity contribution in [3.8, 4) is 5.75 Å². The van der Waals surface area contributed by atoms with Gasteiger partial charge in [0.1, 0.15) is 5.75 Å². The van der Waals surface area contributed by atoms with Gasteiger partial charge in [-0.3, -0.25) is 5.73 Å². The SMILES string of the molecule is CC1(N)Cc2cc(P)ccc2O1. The molecule has 0 bridgehead atoms. The first kappa shape index (κ1) is 8.03. The van der Waals surface area contributed by atoms with Gasteiger partial charge in [0, 0.05) is 12.0 Å². The second-order valence-electron chi connectivity index (χ2n) is 3.46. The molecule has 1 heterocycles. The van der Waals surface area contributed by atoms with Crippen LogP contribution in [0.15, 0.2) is 18.2 Å². The average molecular weight is 181 g/mol. The van der Waals surface area contributed by atoms with Gasteiger partial charge in [-0.25, -0.2) is 0 Å². The maximum atomic E-state index is 5.85. The standard InChI is InChI=1S/C9H12NOP/c1-9(10)5-6-4-7(12)2-3-8(6)11-9/h2-4H,5,10,12H2,1H3. The molecule has 12 heavy (non-hydrogen) atoms. The minimum Gasteiger partial charge on any atom is -0.473 e.